The predicted octanol–water partition coefficient (Wildman–Crippen LogP) is 2.65. The fourth-order valence-electron chi connectivity index (χ4n) is 3.38. The Hall–Kier alpha value is -3.55. The van der Waals surface area contributed by atoms with Gasteiger partial charge in [-0.1, -0.05) is 17.7 Å². The number of anilines is 2. The van der Waals surface area contributed by atoms with Crippen molar-refractivity contribution >= 4 is 29.2 Å². The number of rotatable bonds is 5. The van der Waals surface area contributed by atoms with E-state index in [0.29, 0.717) is 17.2 Å². The number of fused-ring (bicyclic) bond motifs is 1. The quantitative estimate of drug-likeness (QED) is 0.762. The SMILES string of the molecule is Cc1ccc(N2C[C@H](C(=O)O[C@H](C)C(=O)Nc3ccc4c(c3)OCO4)CC2=O)cc1. The van der Waals surface area contributed by atoms with Gasteiger partial charge in [0.2, 0.25) is 12.7 Å². The van der Waals surface area contributed by atoms with Gasteiger partial charge in [-0.3, -0.25) is 14.4 Å². The number of nitrogens with one attached hydrogen (secondary N) is 1. The van der Waals surface area contributed by atoms with E-state index in [0.717, 1.165) is 11.3 Å². The summed E-state index contributed by atoms with van der Waals surface area (Å²) in [5.41, 5.74) is 2.34. The van der Waals surface area contributed by atoms with Gasteiger partial charge in [-0.2, -0.15) is 0 Å². The molecule has 0 spiro atoms. The third kappa shape index (κ3) is 4.07. The van der Waals surface area contributed by atoms with Gasteiger partial charge in [0.15, 0.2) is 17.6 Å². The molecule has 0 radical (unpaired) electrons. The molecule has 0 saturated carbocycles. The van der Waals surface area contributed by atoms with Gasteiger partial charge >= 0.3 is 5.97 Å². The molecule has 2 aliphatic rings. The molecule has 8 heteroatoms. The number of ether oxygens (including phenoxy) is 3. The lowest BCUT2D eigenvalue weighted by Gasteiger charge is -2.18. The molecule has 2 aliphatic heterocycles. The van der Waals surface area contributed by atoms with Crippen LogP contribution in [-0.4, -0.2) is 37.2 Å². The van der Waals surface area contributed by atoms with E-state index < -0.39 is 23.9 Å². The first-order chi connectivity index (χ1) is 14.4. The number of benzene rings is 2. The summed E-state index contributed by atoms with van der Waals surface area (Å²) in [5.74, 6) is -0.638. The molecule has 0 unspecified atom stereocenters. The minimum absolute atomic E-state index is 0.0587. The Morgan fingerprint density at radius 2 is 1.87 bits per heavy atom. The summed E-state index contributed by atoms with van der Waals surface area (Å²) in [7, 11) is 0. The first kappa shape index (κ1) is 19.8. The molecular formula is C22H22N2O6. The number of nitrogens with zero attached hydrogens (tertiary/aromatic N) is 1. The number of hydrogen-bond acceptors (Lipinski definition) is 6. The van der Waals surface area contributed by atoms with Gasteiger partial charge in [-0.05, 0) is 38.1 Å². The lowest BCUT2D eigenvalue weighted by atomic mass is 10.1. The van der Waals surface area contributed by atoms with Crippen LogP contribution >= 0.6 is 0 Å². The molecule has 1 N–H and O–H groups in total. The molecule has 2 heterocycles. The van der Waals surface area contributed by atoms with Gasteiger partial charge in [0.1, 0.15) is 0 Å². The summed E-state index contributed by atoms with van der Waals surface area (Å²) >= 11 is 0. The molecule has 2 aromatic rings. The second kappa shape index (κ2) is 8.06. The number of aryl methyl sites for hydroxylation is 1. The Morgan fingerprint density at radius 1 is 1.13 bits per heavy atom. The Bertz CT molecular complexity index is 988. The third-order valence-electron chi connectivity index (χ3n) is 5.11. The molecule has 2 amide bonds. The van der Waals surface area contributed by atoms with Crippen LogP contribution in [0.4, 0.5) is 11.4 Å². The Balaban J connectivity index is 1.33. The summed E-state index contributed by atoms with van der Waals surface area (Å²) in [4.78, 5) is 38.8. The van der Waals surface area contributed by atoms with Gasteiger partial charge in [-0.15, -0.1) is 0 Å². The Labute approximate surface area is 173 Å². The van der Waals surface area contributed by atoms with Crippen molar-refractivity contribution in [3.63, 3.8) is 0 Å². The maximum Gasteiger partial charge on any atom is 0.312 e. The van der Waals surface area contributed by atoms with Crippen molar-refractivity contribution in [1.82, 2.24) is 0 Å². The molecule has 156 valence electrons. The molecular weight excluding hydrogens is 388 g/mol. The Kier molecular flexibility index (Phi) is 5.31. The standard InChI is InChI=1S/C22H22N2O6/c1-13-3-6-17(7-4-13)24-11-15(9-20(24)25)22(27)30-14(2)21(26)23-16-5-8-18-19(10-16)29-12-28-18/h3-8,10,14-15H,9,11-12H2,1-2H3,(H,23,26)/t14-,15-/m1/s1. The van der Waals surface area contributed by atoms with E-state index in [-0.39, 0.29) is 25.7 Å². The predicted molar refractivity (Wildman–Crippen MR) is 108 cm³/mol. The minimum Gasteiger partial charge on any atom is -0.454 e. The van der Waals surface area contributed by atoms with Crippen LogP contribution in [0.1, 0.15) is 18.9 Å². The van der Waals surface area contributed by atoms with E-state index in [9.17, 15) is 14.4 Å². The van der Waals surface area contributed by atoms with Crippen molar-refractivity contribution < 1.29 is 28.6 Å². The summed E-state index contributed by atoms with van der Waals surface area (Å²) in [5, 5.41) is 2.69. The molecule has 1 saturated heterocycles. The van der Waals surface area contributed by atoms with Crippen LogP contribution in [0.3, 0.4) is 0 Å². The van der Waals surface area contributed by atoms with Crippen molar-refractivity contribution in [2.75, 3.05) is 23.6 Å². The average Bonchev–Trinajstić information content (AvgIpc) is 3.34. The van der Waals surface area contributed by atoms with Crippen LogP contribution < -0.4 is 19.7 Å². The lowest BCUT2D eigenvalue weighted by molar-refractivity contribution is -0.157. The second-order valence-corrected chi connectivity index (χ2v) is 7.38. The first-order valence-corrected chi connectivity index (χ1v) is 9.69. The summed E-state index contributed by atoms with van der Waals surface area (Å²) in [6, 6.07) is 12.5. The Morgan fingerprint density at radius 3 is 2.63 bits per heavy atom. The first-order valence-electron chi connectivity index (χ1n) is 9.69. The third-order valence-corrected chi connectivity index (χ3v) is 5.11. The van der Waals surface area contributed by atoms with Gasteiger partial charge in [0.05, 0.1) is 5.92 Å². The molecule has 0 bridgehead atoms. The zero-order chi connectivity index (χ0) is 21.3. The van der Waals surface area contributed by atoms with E-state index >= 15 is 0 Å². The van der Waals surface area contributed by atoms with Crippen molar-refractivity contribution in [3.05, 3.63) is 48.0 Å². The number of carbonyl (C=O) groups is 3. The highest BCUT2D eigenvalue weighted by Gasteiger charge is 2.37. The van der Waals surface area contributed by atoms with E-state index in [1.807, 2.05) is 31.2 Å². The molecule has 1 fully saturated rings. The average molecular weight is 410 g/mol. The van der Waals surface area contributed by atoms with Crippen LogP contribution in [0.25, 0.3) is 0 Å². The zero-order valence-electron chi connectivity index (χ0n) is 16.7. The highest BCUT2D eigenvalue weighted by atomic mass is 16.7. The van der Waals surface area contributed by atoms with Crippen LogP contribution in [0.15, 0.2) is 42.5 Å². The molecule has 30 heavy (non-hydrogen) atoms. The van der Waals surface area contributed by atoms with E-state index in [4.69, 9.17) is 14.2 Å². The monoisotopic (exact) mass is 410 g/mol. The highest BCUT2D eigenvalue weighted by Crippen LogP contribution is 2.34. The maximum absolute atomic E-state index is 12.5. The molecule has 2 atom stereocenters. The van der Waals surface area contributed by atoms with Crippen molar-refractivity contribution in [3.8, 4) is 11.5 Å². The van der Waals surface area contributed by atoms with Crippen molar-refractivity contribution in [2.24, 2.45) is 5.92 Å². The van der Waals surface area contributed by atoms with E-state index in [1.165, 1.54) is 6.92 Å². The fourth-order valence-corrected chi connectivity index (χ4v) is 3.38. The normalized spacial score (nSPS) is 18.3. The smallest absolute Gasteiger partial charge is 0.312 e. The minimum atomic E-state index is -1.01. The van der Waals surface area contributed by atoms with Crippen LogP contribution in [-0.2, 0) is 19.1 Å². The number of carbonyl (C=O) groups excluding carboxylic acids is 3. The molecule has 2 aromatic carbocycles. The largest absolute Gasteiger partial charge is 0.454 e. The van der Waals surface area contributed by atoms with E-state index in [1.54, 1.807) is 23.1 Å². The summed E-state index contributed by atoms with van der Waals surface area (Å²) in [6.45, 7) is 3.83. The van der Waals surface area contributed by atoms with Crippen LogP contribution in [0.2, 0.25) is 0 Å². The maximum atomic E-state index is 12.5. The number of hydrogen-bond donors (Lipinski definition) is 1. The van der Waals surface area contributed by atoms with Gasteiger partial charge < -0.3 is 24.4 Å². The topological polar surface area (TPSA) is 94.2 Å². The molecule has 8 nitrogen and oxygen atoms in total. The summed E-state index contributed by atoms with van der Waals surface area (Å²) < 4.78 is 15.8. The number of amides is 2. The summed E-state index contributed by atoms with van der Waals surface area (Å²) in [6.07, 6.45) is -0.949. The van der Waals surface area contributed by atoms with Gasteiger partial charge in [0, 0.05) is 30.4 Å². The lowest BCUT2D eigenvalue weighted by Crippen LogP contribution is -2.33. The van der Waals surface area contributed by atoms with Crippen molar-refractivity contribution in [2.45, 2.75) is 26.4 Å². The molecule has 0 aromatic heterocycles. The molecule has 4 rings (SSSR count). The van der Waals surface area contributed by atoms with Crippen molar-refractivity contribution in [1.29, 1.82) is 0 Å². The highest BCUT2D eigenvalue weighted by molar-refractivity contribution is 6.00. The zero-order valence-corrected chi connectivity index (χ0v) is 16.7. The fraction of sp³-hybridized carbons (Fsp3) is 0.318. The number of esters is 1. The van der Waals surface area contributed by atoms with Crippen LogP contribution in [0.5, 0.6) is 11.5 Å². The second-order valence-electron chi connectivity index (χ2n) is 7.38. The molecule has 0 aliphatic carbocycles. The van der Waals surface area contributed by atoms with E-state index in [2.05, 4.69) is 5.32 Å². The van der Waals surface area contributed by atoms with Crippen LogP contribution in [0, 0.1) is 12.8 Å². The van der Waals surface area contributed by atoms with Gasteiger partial charge in [0.25, 0.3) is 5.91 Å². The van der Waals surface area contributed by atoms with Gasteiger partial charge in [-0.25, -0.2) is 0 Å².